The van der Waals surface area contributed by atoms with E-state index >= 15 is 0 Å². The van der Waals surface area contributed by atoms with Crippen molar-refractivity contribution in [1.29, 1.82) is 0 Å². The van der Waals surface area contributed by atoms with Crippen molar-refractivity contribution in [1.82, 2.24) is 23.7 Å². The predicted molar refractivity (Wildman–Crippen MR) is 161 cm³/mol. The van der Waals surface area contributed by atoms with Crippen LogP contribution < -0.4 is 4.72 Å². The van der Waals surface area contributed by atoms with Crippen LogP contribution in [0.1, 0.15) is 50.3 Å². The summed E-state index contributed by atoms with van der Waals surface area (Å²) in [7, 11) is -5.48. The van der Waals surface area contributed by atoms with Gasteiger partial charge in [-0.15, -0.1) is 11.3 Å². The molecule has 230 valence electrons. The van der Waals surface area contributed by atoms with Gasteiger partial charge in [-0.3, -0.25) is 14.5 Å². The van der Waals surface area contributed by atoms with Crippen LogP contribution >= 0.6 is 22.9 Å². The Labute approximate surface area is 252 Å². The van der Waals surface area contributed by atoms with Gasteiger partial charge in [-0.05, 0) is 63.3 Å². The van der Waals surface area contributed by atoms with Gasteiger partial charge in [0.2, 0.25) is 31.9 Å². The summed E-state index contributed by atoms with van der Waals surface area (Å²) in [6, 6.07) is 2.40. The average Bonchev–Trinajstić information content (AvgIpc) is 3.66. The van der Waals surface area contributed by atoms with Crippen molar-refractivity contribution in [3.8, 4) is 0 Å². The lowest BCUT2D eigenvalue weighted by Crippen LogP contribution is -2.55. The number of likely N-dealkylation sites (tertiary alicyclic amines) is 3. The summed E-state index contributed by atoms with van der Waals surface area (Å²) in [6.07, 6.45) is 5.46. The number of nitrogens with one attached hydrogen (secondary N) is 1. The third-order valence-electron chi connectivity index (χ3n) is 8.00. The molecule has 0 aliphatic carbocycles. The van der Waals surface area contributed by atoms with Gasteiger partial charge in [0.05, 0.1) is 16.6 Å². The van der Waals surface area contributed by atoms with Crippen LogP contribution in [0.3, 0.4) is 0 Å². The van der Waals surface area contributed by atoms with Gasteiger partial charge in [0, 0.05) is 55.6 Å². The number of nitrogens with zero attached hydrogens (tertiary/aromatic N) is 4. The van der Waals surface area contributed by atoms with Crippen molar-refractivity contribution in [2.24, 2.45) is 0 Å². The first-order valence-electron chi connectivity index (χ1n) is 14.1. The van der Waals surface area contributed by atoms with Gasteiger partial charge in [0.25, 0.3) is 0 Å². The van der Waals surface area contributed by atoms with Crippen molar-refractivity contribution >= 4 is 60.9 Å². The number of amides is 2. The molecule has 0 saturated carbocycles. The van der Waals surface area contributed by atoms with E-state index in [1.807, 2.05) is 11.8 Å². The van der Waals surface area contributed by atoms with Crippen LogP contribution in [0.25, 0.3) is 6.08 Å². The van der Waals surface area contributed by atoms with E-state index < -0.39 is 32.0 Å². The third kappa shape index (κ3) is 8.52. The van der Waals surface area contributed by atoms with Gasteiger partial charge >= 0.3 is 0 Å². The standard InChI is InChI=1S/C26H40ClN5O6S3/c1-3-15-41(37,38)29(2)20-10-14-30(17-20)18-21-6-4-13-32(21)25(33)19-31-12-5-7-23(26(31)34)28-40(35,36)16-11-22-8-9-24(27)39-22/h8-9,11,16,20-21,23,28H,3-7,10,12-15,17-19H2,1-2H3/b16-11+/t20?,21-,23-/m0/s1. The molecule has 3 aliphatic heterocycles. The monoisotopic (exact) mass is 649 g/mol. The molecule has 1 aromatic rings. The molecule has 1 aromatic heterocycles. The smallest absolute Gasteiger partial charge is 0.242 e. The molecule has 3 aliphatic rings. The number of piperidine rings is 1. The summed E-state index contributed by atoms with van der Waals surface area (Å²) in [4.78, 5) is 32.7. The van der Waals surface area contributed by atoms with Crippen LogP contribution in [0.5, 0.6) is 0 Å². The quantitative estimate of drug-likeness (QED) is 0.367. The highest BCUT2D eigenvalue weighted by atomic mass is 35.5. The SMILES string of the molecule is CCCS(=O)(=O)N(C)C1CCN(C[C@@H]2CCCN2C(=O)CN2CCC[C@H](NS(=O)(=O)/C=C/c3ccc(Cl)s3)C2=O)C1. The minimum atomic E-state index is -3.87. The Morgan fingerprint density at radius 3 is 2.61 bits per heavy atom. The van der Waals surface area contributed by atoms with Crippen LogP contribution in [0, 0.1) is 0 Å². The maximum atomic E-state index is 13.3. The lowest BCUT2D eigenvalue weighted by atomic mass is 10.1. The molecule has 3 atom stereocenters. The van der Waals surface area contributed by atoms with Crippen molar-refractivity contribution in [2.45, 2.75) is 63.6 Å². The second-order valence-corrected chi connectivity index (χ2v) is 16.5. The van der Waals surface area contributed by atoms with Crippen LogP contribution in [0.4, 0.5) is 0 Å². The van der Waals surface area contributed by atoms with Crippen molar-refractivity contribution in [3.05, 3.63) is 26.8 Å². The largest absolute Gasteiger partial charge is 0.337 e. The second kappa shape index (κ2) is 13.8. The summed E-state index contributed by atoms with van der Waals surface area (Å²) in [6.45, 7) is 4.86. The Bertz CT molecular complexity index is 1330. The highest BCUT2D eigenvalue weighted by Gasteiger charge is 2.38. The molecule has 1 unspecified atom stereocenters. The molecule has 1 N–H and O–H groups in total. The van der Waals surface area contributed by atoms with Crippen LogP contribution in [0.15, 0.2) is 17.5 Å². The van der Waals surface area contributed by atoms with Crippen LogP contribution in [0.2, 0.25) is 4.34 Å². The molecule has 11 nitrogen and oxygen atoms in total. The zero-order chi connectivity index (χ0) is 29.8. The molecule has 0 radical (unpaired) electrons. The topological polar surface area (TPSA) is 127 Å². The second-order valence-electron chi connectivity index (χ2n) is 11.0. The van der Waals surface area contributed by atoms with E-state index in [-0.39, 0.29) is 30.3 Å². The van der Waals surface area contributed by atoms with Gasteiger partial charge in [-0.1, -0.05) is 18.5 Å². The highest BCUT2D eigenvalue weighted by Crippen LogP contribution is 2.25. The van der Waals surface area contributed by atoms with Gasteiger partial charge in [-0.25, -0.2) is 21.1 Å². The maximum absolute atomic E-state index is 13.3. The molecule has 2 amide bonds. The van der Waals surface area contributed by atoms with E-state index in [9.17, 15) is 26.4 Å². The third-order valence-corrected chi connectivity index (χ3v) is 12.4. The van der Waals surface area contributed by atoms with Crippen molar-refractivity contribution in [3.63, 3.8) is 0 Å². The molecular formula is C26H40ClN5O6S3. The van der Waals surface area contributed by atoms with Crippen molar-refractivity contribution in [2.75, 3.05) is 52.1 Å². The van der Waals surface area contributed by atoms with E-state index in [0.717, 1.165) is 31.2 Å². The van der Waals surface area contributed by atoms with Crippen LogP contribution in [-0.4, -0.2) is 118 Å². The number of rotatable bonds is 12. The molecular weight excluding hydrogens is 610 g/mol. The van der Waals surface area contributed by atoms with Gasteiger partial charge in [-0.2, -0.15) is 4.72 Å². The molecule has 3 fully saturated rings. The van der Waals surface area contributed by atoms with Crippen molar-refractivity contribution < 1.29 is 26.4 Å². The fraction of sp³-hybridized carbons (Fsp3) is 0.692. The Balaban J connectivity index is 1.30. The number of sulfonamides is 2. The normalized spacial score (nSPS) is 24.8. The maximum Gasteiger partial charge on any atom is 0.242 e. The van der Waals surface area contributed by atoms with Gasteiger partial charge in [0.1, 0.15) is 6.04 Å². The zero-order valence-electron chi connectivity index (χ0n) is 23.6. The Morgan fingerprint density at radius 1 is 1.15 bits per heavy atom. The predicted octanol–water partition coefficient (Wildman–Crippen LogP) is 2.02. The fourth-order valence-electron chi connectivity index (χ4n) is 5.83. The number of thiophene rings is 1. The summed E-state index contributed by atoms with van der Waals surface area (Å²) in [5.41, 5.74) is 0. The number of carbonyl (C=O) groups is 2. The van der Waals surface area contributed by atoms with E-state index in [2.05, 4.69) is 9.62 Å². The van der Waals surface area contributed by atoms with E-state index in [4.69, 9.17) is 11.6 Å². The Hall–Kier alpha value is -1.55. The number of hydrogen-bond donors (Lipinski definition) is 1. The first kappa shape index (κ1) is 32.4. The molecule has 0 bridgehead atoms. The molecule has 0 aromatic carbocycles. The first-order valence-corrected chi connectivity index (χ1v) is 18.5. The molecule has 3 saturated heterocycles. The number of halogens is 1. The first-order chi connectivity index (χ1) is 19.4. The highest BCUT2D eigenvalue weighted by molar-refractivity contribution is 7.92. The average molecular weight is 650 g/mol. The molecule has 4 heterocycles. The van der Waals surface area contributed by atoms with Gasteiger partial charge in [0.15, 0.2) is 0 Å². The molecule has 15 heteroatoms. The van der Waals surface area contributed by atoms with Crippen LogP contribution in [-0.2, 0) is 29.6 Å². The van der Waals surface area contributed by atoms with E-state index in [0.29, 0.717) is 54.7 Å². The summed E-state index contributed by atoms with van der Waals surface area (Å²) >= 11 is 7.14. The lowest BCUT2D eigenvalue weighted by Gasteiger charge is -2.34. The number of likely N-dealkylation sites (N-methyl/N-ethyl adjacent to an activating group) is 1. The summed E-state index contributed by atoms with van der Waals surface area (Å²) < 4.78 is 54.7. The van der Waals surface area contributed by atoms with Gasteiger partial charge < -0.3 is 9.80 Å². The van der Waals surface area contributed by atoms with E-state index in [1.54, 1.807) is 19.2 Å². The number of hydrogen-bond acceptors (Lipinski definition) is 8. The lowest BCUT2D eigenvalue weighted by molar-refractivity contribution is -0.143. The molecule has 4 rings (SSSR count). The number of carbonyl (C=O) groups excluding carboxylic acids is 2. The Kier molecular flexibility index (Phi) is 10.9. The minimum absolute atomic E-state index is 0.00360. The Morgan fingerprint density at radius 2 is 1.90 bits per heavy atom. The summed E-state index contributed by atoms with van der Waals surface area (Å²) in [5.74, 6) is -0.392. The zero-order valence-corrected chi connectivity index (χ0v) is 26.8. The van der Waals surface area contributed by atoms with E-state index in [1.165, 1.54) is 26.6 Å². The minimum Gasteiger partial charge on any atom is -0.337 e. The summed E-state index contributed by atoms with van der Waals surface area (Å²) in [5, 5.41) is 1.03. The molecule has 41 heavy (non-hydrogen) atoms. The fourth-order valence-corrected chi connectivity index (χ4v) is 9.33. The molecule has 0 spiro atoms.